The fourth-order valence-corrected chi connectivity index (χ4v) is 3.03. The third kappa shape index (κ3) is 3.55. The molecule has 1 heterocycles. The van der Waals surface area contributed by atoms with Crippen LogP contribution in [-0.2, 0) is 4.79 Å². The van der Waals surface area contributed by atoms with Gasteiger partial charge in [-0.1, -0.05) is 0 Å². The number of nitrogens with one attached hydrogen (secondary N) is 1. The van der Waals surface area contributed by atoms with Crippen molar-refractivity contribution in [3.63, 3.8) is 0 Å². The maximum atomic E-state index is 12.0. The van der Waals surface area contributed by atoms with Gasteiger partial charge in [-0.15, -0.1) is 0 Å². The molecule has 0 aliphatic heterocycles. The first-order chi connectivity index (χ1) is 12.3. The maximum absolute atomic E-state index is 12.0. The normalized spacial score (nSPS) is 9.85. The second-order valence-corrected chi connectivity index (χ2v) is 6.05. The summed E-state index contributed by atoms with van der Waals surface area (Å²) >= 11 is 1.89. The molecule has 4 N–H and O–H groups in total. The lowest BCUT2D eigenvalue weighted by molar-refractivity contribution is -0.139. The number of benzene rings is 1. The average Bonchev–Trinajstić information content (AvgIpc) is 2.59. The van der Waals surface area contributed by atoms with Gasteiger partial charge in [-0.3, -0.25) is 4.79 Å². The van der Waals surface area contributed by atoms with E-state index >= 15 is 0 Å². The van der Waals surface area contributed by atoms with Crippen LogP contribution in [0.15, 0.2) is 16.9 Å². The molecule has 0 saturated heterocycles. The number of rotatable bonds is 5. The van der Waals surface area contributed by atoms with Crippen LogP contribution in [0.2, 0.25) is 0 Å². The molecule has 0 unspecified atom stereocenters. The number of hydrogen-bond donors (Lipinski definition) is 3. The second-order valence-electron chi connectivity index (χ2n) is 4.89. The molecule has 1 aromatic carbocycles. The van der Waals surface area contributed by atoms with E-state index in [0.717, 1.165) is 0 Å². The first kappa shape index (κ1) is 19.1. The molecule has 9 nitrogen and oxygen atoms in total. The number of carbonyl (C=O) groups is 1. The second kappa shape index (κ2) is 7.76. The van der Waals surface area contributed by atoms with Crippen LogP contribution in [0, 0.1) is 26.2 Å². The van der Waals surface area contributed by atoms with Crippen molar-refractivity contribution in [2.75, 3.05) is 19.5 Å². The molecule has 1 aromatic heterocycles. The lowest BCUT2D eigenvalue weighted by atomic mass is 9.96. The van der Waals surface area contributed by atoms with E-state index in [-0.39, 0.29) is 34.0 Å². The van der Waals surface area contributed by atoms with E-state index in [9.17, 15) is 20.1 Å². The van der Waals surface area contributed by atoms with Crippen LogP contribution in [0.4, 0.5) is 5.82 Å². The molecule has 0 radical (unpaired) electrons. The molecule has 0 bridgehead atoms. The molecule has 26 heavy (non-hydrogen) atoms. The summed E-state index contributed by atoms with van der Waals surface area (Å²) in [6.07, 6.45) is 0. The van der Waals surface area contributed by atoms with E-state index in [2.05, 4.69) is 4.98 Å². The average molecular weight is 466 g/mol. The van der Waals surface area contributed by atoms with E-state index in [4.69, 9.17) is 20.3 Å². The van der Waals surface area contributed by atoms with E-state index in [0.29, 0.717) is 9.13 Å². The van der Waals surface area contributed by atoms with Crippen molar-refractivity contribution in [2.45, 2.75) is 0 Å². The summed E-state index contributed by atoms with van der Waals surface area (Å²) in [6.45, 7) is -0.573. The topological polar surface area (TPSA) is 162 Å². The molecular formula is C16H11IN4O5. The lowest BCUT2D eigenvalue weighted by Crippen LogP contribution is -2.16. The van der Waals surface area contributed by atoms with Crippen LogP contribution in [-0.4, -0.2) is 29.8 Å². The van der Waals surface area contributed by atoms with Gasteiger partial charge in [0.1, 0.15) is 29.1 Å². The monoisotopic (exact) mass is 466 g/mol. The van der Waals surface area contributed by atoms with Gasteiger partial charge in [-0.25, -0.2) is 4.79 Å². The van der Waals surface area contributed by atoms with Gasteiger partial charge in [0.15, 0.2) is 18.1 Å². The first-order valence-electron chi connectivity index (χ1n) is 6.92. The Hall–Kier alpha value is -3.25. The Labute approximate surface area is 160 Å². The Morgan fingerprint density at radius 3 is 2.54 bits per heavy atom. The molecule has 0 aliphatic carbocycles. The van der Waals surface area contributed by atoms with E-state index in [1.54, 1.807) is 6.07 Å². The number of carboxylic acid groups (broad SMARTS) is 1. The zero-order valence-corrected chi connectivity index (χ0v) is 15.4. The van der Waals surface area contributed by atoms with Gasteiger partial charge in [-0.05, 0) is 40.3 Å². The Kier molecular flexibility index (Phi) is 5.69. The first-order valence-corrected chi connectivity index (χ1v) is 8.00. The summed E-state index contributed by atoms with van der Waals surface area (Å²) in [5.41, 5.74) is 5.05. The lowest BCUT2D eigenvalue weighted by Gasteiger charge is -2.15. The van der Waals surface area contributed by atoms with Crippen LogP contribution in [0.5, 0.6) is 11.5 Å². The number of nitrogens with zero attached hydrogens (tertiary/aromatic N) is 2. The molecule has 132 valence electrons. The van der Waals surface area contributed by atoms with Gasteiger partial charge in [0.05, 0.1) is 10.7 Å². The highest BCUT2D eigenvalue weighted by Gasteiger charge is 2.21. The molecule has 0 atom stereocenters. The number of aromatic amines is 1. The number of methoxy groups -OCH3 is 1. The highest BCUT2D eigenvalue weighted by molar-refractivity contribution is 14.1. The number of ether oxygens (including phenoxy) is 2. The van der Waals surface area contributed by atoms with Crippen molar-refractivity contribution in [2.24, 2.45) is 0 Å². The SMILES string of the molecule is COc1cc(-c2c(C#N)c(N)[nH]c(=O)c2C#N)cc(I)c1OCC(=O)O. The van der Waals surface area contributed by atoms with E-state index < -0.39 is 18.1 Å². The number of nitriles is 2. The van der Waals surface area contributed by atoms with E-state index in [1.165, 1.54) is 19.2 Å². The van der Waals surface area contributed by atoms with Crippen molar-refractivity contribution < 1.29 is 19.4 Å². The predicted molar refractivity (Wildman–Crippen MR) is 98.7 cm³/mol. The minimum Gasteiger partial charge on any atom is -0.493 e. The molecule has 0 spiro atoms. The third-order valence-corrected chi connectivity index (χ3v) is 4.13. The Balaban J connectivity index is 2.77. The Morgan fingerprint density at radius 2 is 2.00 bits per heavy atom. The quantitative estimate of drug-likeness (QED) is 0.558. The standard InChI is InChI=1S/C16H11IN4O5/c1-25-11-3-7(2-10(17)14(11)26-6-12(22)23)13-8(4-18)15(20)21-16(24)9(13)5-19/h2-3H,6H2,1H3,(H,22,23)(H3,20,21,24). The summed E-state index contributed by atoms with van der Waals surface area (Å²) in [6, 6.07) is 6.63. The minimum absolute atomic E-state index is 0.0572. The van der Waals surface area contributed by atoms with Crippen LogP contribution in [0.25, 0.3) is 11.1 Å². The highest BCUT2D eigenvalue weighted by Crippen LogP contribution is 2.39. The van der Waals surface area contributed by atoms with Crippen LogP contribution >= 0.6 is 22.6 Å². The number of nitrogen functional groups attached to an aromatic ring is 1. The number of aromatic nitrogens is 1. The molecule has 2 rings (SSSR count). The fraction of sp³-hybridized carbons (Fsp3) is 0.125. The number of H-pyrrole nitrogens is 1. The smallest absolute Gasteiger partial charge is 0.341 e. The van der Waals surface area contributed by atoms with Crippen molar-refractivity contribution in [3.05, 3.63) is 37.2 Å². The molecule has 0 amide bonds. The van der Waals surface area contributed by atoms with Gasteiger partial charge in [-0.2, -0.15) is 10.5 Å². The fourth-order valence-electron chi connectivity index (χ4n) is 2.27. The third-order valence-electron chi connectivity index (χ3n) is 3.33. The number of hydrogen-bond acceptors (Lipinski definition) is 7. The van der Waals surface area contributed by atoms with Crippen LogP contribution < -0.4 is 20.8 Å². The number of carboxylic acids is 1. The minimum atomic E-state index is -1.16. The molecule has 0 fully saturated rings. The van der Waals surface area contributed by atoms with Crippen LogP contribution in [0.3, 0.4) is 0 Å². The van der Waals surface area contributed by atoms with Crippen LogP contribution in [0.1, 0.15) is 11.1 Å². The van der Waals surface area contributed by atoms with Crippen molar-refractivity contribution in [1.29, 1.82) is 10.5 Å². The van der Waals surface area contributed by atoms with Gasteiger partial charge in [0, 0.05) is 5.56 Å². The summed E-state index contributed by atoms with van der Waals surface area (Å²) < 4.78 is 10.9. The zero-order valence-electron chi connectivity index (χ0n) is 13.3. The van der Waals surface area contributed by atoms with Gasteiger partial charge in [0.25, 0.3) is 5.56 Å². The summed E-state index contributed by atoms with van der Waals surface area (Å²) in [4.78, 5) is 25.0. The molecule has 0 aliphatic rings. The number of halogens is 1. The predicted octanol–water partition coefficient (Wildman–Crippen LogP) is 1.44. The maximum Gasteiger partial charge on any atom is 0.341 e. The summed E-state index contributed by atoms with van der Waals surface area (Å²) in [5, 5.41) is 27.5. The van der Waals surface area contributed by atoms with Crippen molar-refractivity contribution in [3.8, 4) is 34.8 Å². The molecule has 0 saturated carbocycles. The number of pyridine rings is 1. The highest BCUT2D eigenvalue weighted by atomic mass is 127. The molecule has 2 aromatic rings. The summed E-state index contributed by atoms with van der Waals surface area (Å²) in [5.74, 6) is -0.951. The van der Waals surface area contributed by atoms with Gasteiger partial charge >= 0.3 is 5.97 Å². The van der Waals surface area contributed by atoms with Gasteiger partial charge in [0.2, 0.25) is 0 Å². The van der Waals surface area contributed by atoms with Crippen molar-refractivity contribution in [1.82, 2.24) is 4.98 Å². The number of anilines is 1. The summed E-state index contributed by atoms with van der Waals surface area (Å²) in [7, 11) is 1.35. The largest absolute Gasteiger partial charge is 0.493 e. The van der Waals surface area contributed by atoms with E-state index in [1.807, 2.05) is 28.7 Å². The molecule has 10 heteroatoms. The zero-order chi connectivity index (χ0) is 19.4. The molecular weight excluding hydrogens is 455 g/mol. The number of aliphatic carboxylic acids is 1. The Morgan fingerprint density at radius 1 is 1.35 bits per heavy atom. The van der Waals surface area contributed by atoms with Gasteiger partial charge < -0.3 is 25.3 Å². The Bertz CT molecular complexity index is 1030. The van der Waals surface area contributed by atoms with Crippen molar-refractivity contribution >= 4 is 34.4 Å². The number of nitrogens with two attached hydrogens (primary N) is 1.